The quantitative estimate of drug-likeness (QED) is 0.471. The summed E-state index contributed by atoms with van der Waals surface area (Å²) in [4.78, 5) is 29.6. The Kier molecular flexibility index (Phi) is 4.32. The molecule has 8 nitrogen and oxygen atoms in total. The first-order valence-corrected chi connectivity index (χ1v) is 9.55. The normalized spacial score (nSPS) is 11.2. The van der Waals surface area contributed by atoms with Crippen LogP contribution in [0, 0.1) is 13.8 Å². The van der Waals surface area contributed by atoms with Gasteiger partial charge < -0.3 is 14.4 Å². The molecule has 8 heteroatoms. The molecule has 0 aliphatic heterocycles. The van der Waals surface area contributed by atoms with Crippen LogP contribution in [0.2, 0.25) is 0 Å². The Balaban J connectivity index is 1.60. The molecular weight excluding hydrogens is 396 g/mol. The van der Waals surface area contributed by atoms with Gasteiger partial charge in [-0.2, -0.15) is 0 Å². The van der Waals surface area contributed by atoms with Gasteiger partial charge in [-0.25, -0.2) is 9.78 Å². The summed E-state index contributed by atoms with van der Waals surface area (Å²) in [6.07, 6.45) is 0. The van der Waals surface area contributed by atoms with Crippen LogP contribution in [0.25, 0.3) is 33.1 Å². The van der Waals surface area contributed by atoms with Crippen LogP contribution in [-0.2, 0) is 0 Å². The number of pyridine rings is 1. The van der Waals surface area contributed by atoms with Gasteiger partial charge in [-0.3, -0.25) is 4.79 Å². The van der Waals surface area contributed by atoms with Crippen molar-refractivity contribution in [3.05, 3.63) is 82.0 Å². The molecule has 0 unspecified atom stereocenters. The zero-order valence-corrected chi connectivity index (χ0v) is 16.7. The molecule has 2 aromatic carbocycles. The Morgan fingerprint density at radius 3 is 2.48 bits per heavy atom. The van der Waals surface area contributed by atoms with E-state index in [0.29, 0.717) is 50.2 Å². The van der Waals surface area contributed by atoms with Gasteiger partial charge in [0.2, 0.25) is 0 Å². The van der Waals surface area contributed by atoms with Crippen LogP contribution in [0.5, 0.6) is 0 Å². The highest BCUT2D eigenvalue weighted by Crippen LogP contribution is 2.28. The molecule has 0 aliphatic rings. The lowest BCUT2D eigenvalue weighted by molar-refractivity contribution is 0.102. The summed E-state index contributed by atoms with van der Waals surface area (Å²) in [6, 6.07) is 16.2. The van der Waals surface area contributed by atoms with Crippen LogP contribution in [0.15, 0.2) is 68.4 Å². The number of aryl methyl sites for hydroxylation is 2. The van der Waals surface area contributed by atoms with Crippen molar-refractivity contribution in [3.8, 4) is 11.3 Å². The number of anilines is 1. The van der Waals surface area contributed by atoms with E-state index in [1.807, 2.05) is 30.3 Å². The standard InChI is InChI=1S/C23H16N4O4/c1-12-17-10-15(8-9-16(17)23(29)31-26-12)24-21(28)18-11-19(14-6-4-3-5-7-14)25-22-20(18)13(2)27-30-22/h3-11H,1-2H3,(H,24,28). The van der Waals surface area contributed by atoms with Crippen molar-refractivity contribution in [1.82, 2.24) is 15.3 Å². The molecule has 0 radical (unpaired) electrons. The third-order valence-corrected chi connectivity index (χ3v) is 5.08. The highest BCUT2D eigenvalue weighted by Gasteiger charge is 2.20. The van der Waals surface area contributed by atoms with Gasteiger partial charge in [0.1, 0.15) is 0 Å². The summed E-state index contributed by atoms with van der Waals surface area (Å²) in [5.74, 6) is -0.344. The first-order chi connectivity index (χ1) is 15.0. The Morgan fingerprint density at radius 1 is 0.903 bits per heavy atom. The third-order valence-electron chi connectivity index (χ3n) is 5.08. The average Bonchev–Trinajstić information content (AvgIpc) is 3.17. The SMILES string of the molecule is Cc1noc(=O)c2ccc(NC(=O)c3cc(-c4ccccc4)nc4onc(C)c34)cc12. The number of carbonyl (C=O) groups excluding carboxylic acids is 1. The molecule has 152 valence electrons. The first kappa shape index (κ1) is 18.7. The summed E-state index contributed by atoms with van der Waals surface area (Å²) in [7, 11) is 0. The van der Waals surface area contributed by atoms with Gasteiger partial charge in [0.15, 0.2) is 0 Å². The number of nitrogens with one attached hydrogen (secondary N) is 1. The Morgan fingerprint density at radius 2 is 1.68 bits per heavy atom. The number of amides is 1. The number of hydrogen-bond donors (Lipinski definition) is 1. The predicted molar refractivity (Wildman–Crippen MR) is 115 cm³/mol. The fraction of sp³-hybridized carbons (Fsp3) is 0.0870. The van der Waals surface area contributed by atoms with E-state index in [1.165, 1.54) is 0 Å². The zero-order chi connectivity index (χ0) is 21.5. The lowest BCUT2D eigenvalue weighted by Gasteiger charge is -2.09. The number of fused-ring (bicyclic) bond motifs is 2. The maximum absolute atomic E-state index is 13.2. The first-order valence-electron chi connectivity index (χ1n) is 9.55. The van der Waals surface area contributed by atoms with E-state index in [0.717, 1.165) is 5.56 Å². The summed E-state index contributed by atoms with van der Waals surface area (Å²) < 4.78 is 10.1. The molecule has 0 atom stereocenters. The summed E-state index contributed by atoms with van der Waals surface area (Å²) >= 11 is 0. The number of nitrogens with zero attached hydrogens (tertiary/aromatic N) is 3. The van der Waals surface area contributed by atoms with E-state index in [-0.39, 0.29) is 5.91 Å². The van der Waals surface area contributed by atoms with Gasteiger partial charge in [-0.15, -0.1) is 0 Å². The lowest BCUT2D eigenvalue weighted by Crippen LogP contribution is -2.13. The highest BCUT2D eigenvalue weighted by atomic mass is 16.5. The number of aromatic nitrogens is 3. The largest absolute Gasteiger partial charge is 0.366 e. The average molecular weight is 412 g/mol. The Hall–Kier alpha value is -4.33. The molecule has 1 amide bonds. The molecule has 31 heavy (non-hydrogen) atoms. The number of carbonyl (C=O) groups is 1. The van der Waals surface area contributed by atoms with E-state index in [1.54, 1.807) is 38.1 Å². The van der Waals surface area contributed by atoms with Crippen molar-refractivity contribution < 1.29 is 13.8 Å². The van der Waals surface area contributed by atoms with Gasteiger partial charge in [0, 0.05) is 16.6 Å². The van der Waals surface area contributed by atoms with Crippen molar-refractivity contribution in [1.29, 1.82) is 0 Å². The molecule has 3 heterocycles. The molecule has 0 aliphatic carbocycles. The smallest absolute Gasteiger partial charge is 0.335 e. The summed E-state index contributed by atoms with van der Waals surface area (Å²) in [5.41, 5.74) is 3.26. The minimum Gasteiger partial charge on any atom is -0.335 e. The molecule has 5 rings (SSSR count). The summed E-state index contributed by atoms with van der Waals surface area (Å²) in [5, 5.41) is 12.2. The molecule has 1 N–H and O–H groups in total. The molecule has 0 fully saturated rings. The van der Waals surface area contributed by atoms with E-state index >= 15 is 0 Å². The minimum absolute atomic E-state index is 0.292. The van der Waals surface area contributed by atoms with Crippen molar-refractivity contribution in [2.75, 3.05) is 5.32 Å². The van der Waals surface area contributed by atoms with Crippen molar-refractivity contribution in [2.45, 2.75) is 13.8 Å². The maximum Gasteiger partial charge on any atom is 0.366 e. The number of hydrogen-bond acceptors (Lipinski definition) is 7. The van der Waals surface area contributed by atoms with E-state index in [9.17, 15) is 9.59 Å². The second-order valence-electron chi connectivity index (χ2n) is 7.14. The molecule has 0 spiro atoms. The third kappa shape index (κ3) is 3.24. The van der Waals surface area contributed by atoms with Gasteiger partial charge in [-0.05, 0) is 38.1 Å². The number of rotatable bonds is 3. The molecule has 0 saturated heterocycles. The van der Waals surface area contributed by atoms with Crippen LogP contribution < -0.4 is 10.9 Å². The second-order valence-corrected chi connectivity index (χ2v) is 7.14. The zero-order valence-electron chi connectivity index (χ0n) is 16.7. The highest BCUT2D eigenvalue weighted by molar-refractivity contribution is 6.13. The monoisotopic (exact) mass is 412 g/mol. The molecule has 0 bridgehead atoms. The topological polar surface area (TPSA) is 111 Å². The van der Waals surface area contributed by atoms with E-state index < -0.39 is 5.63 Å². The van der Waals surface area contributed by atoms with Gasteiger partial charge >= 0.3 is 5.63 Å². The van der Waals surface area contributed by atoms with Crippen LogP contribution >= 0.6 is 0 Å². The van der Waals surface area contributed by atoms with Crippen LogP contribution in [-0.4, -0.2) is 21.2 Å². The molecule has 0 saturated carbocycles. The van der Waals surface area contributed by atoms with Crippen LogP contribution in [0.4, 0.5) is 5.69 Å². The minimum atomic E-state index is -0.526. The van der Waals surface area contributed by atoms with E-state index in [4.69, 9.17) is 9.05 Å². The molecule has 3 aromatic heterocycles. The van der Waals surface area contributed by atoms with Gasteiger partial charge in [0.05, 0.1) is 33.4 Å². The Bertz CT molecular complexity index is 1520. The lowest BCUT2D eigenvalue weighted by atomic mass is 10.0. The molecular formula is C23H16N4O4. The van der Waals surface area contributed by atoms with E-state index in [2.05, 4.69) is 20.6 Å². The van der Waals surface area contributed by atoms with Crippen LogP contribution in [0.3, 0.4) is 0 Å². The fourth-order valence-electron chi connectivity index (χ4n) is 3.54. The predicted octanol–water partition coefficient (Wildman–Crippen LogP) is 4.26. The van der Waals surface area contributed by atoms with Gasteiger partial charge in [0.25, 0.3) is 11.6 Å². The second kappa shape index (κ2) is 7.17. The molecule has 5 aromatic rings. The van der Waals surface area contributed by atoms with Gasteiger partial charge in [-0.1, -0.05) is 40.6 Å². The Labute approximate surface area is 175 Å². The van der Waals surface area contributed by atoms with Crippen molar-refractivity contribution in [2.24, 2.45) is 0 Å². The summed E-state index contributed by atoms with van der Waals surface area (Å²) in [6.45, 7) is 3.49. The number of benzene rings is 2. The fourth-order valence-corrected chi connectivity index (χ4v) is 3.54. The van der Waals surface area contributed by atoms with Crippen LogP contribution in [0.1, 0.15) is 21.7 Å². The van der Waals surface area contributed by atoms with Crippen molar-refractivity contribution in [3.63, 3.8) is 0 Å². The maximum atomic E-state index is 13.2. The van der Waals surface area contributed by atoms with Crippen molar-refractivity contribution >= 4 is 33.5 Å².